The van der Waals surface area contributed by atoms with E-state index >= 15 is 0 Å². The van der Waals surface area contributed by atoms with Gasteiger partial charge < -0.3 is 0 Å². The van der Waals surface area contributed by atoms with Crippen LogP contribution in [0.2, 0.25) is 0 Å². The summed E-state index contributed by atoms with van der Waals surface area (Å²) in [6.07, 6.45) is -1.64. The molecule has 70 valence electrons. The van der Waals surface area contributed by atoms with Crippen molar-refractivity contribution < 1.29 is 13.2 Å². The van der Waals surface area contributed by atoms with Crippen LogP contribution in [0.4, 0.5) is 13.2 Å². The summed E-state index contributed by atoms with van der Waals surface area (Å²) in [5, 5.41) is 0. The Morgan fingerprint density at radius 2 is 2.00 bits per heavy atom. The van der Waals surface area contributed by atoms with E-state index in [1.54, 1.807) is 6.92 Å². The van der Waals surface area contributed by atoms with Gasteiger partial charge in [-0.15, -0.1) is 0 Å². The number of hydrogen-bond acceptors (Lipinski definition) is 0. The lowest BCUT2D eigenvalue weighted by atomic mass is 9.83. The standard InChI is InChI=1S/C9H13F3/c1-6-3-7(2)5-8(4-6)9(10,11)12/h3,6,8H,4-5H2,1-2H3. The summed E-state index contributed by atoms with van der Waals surface area (Å²) in [4.78, 5) is 0. The SMILES string of the molecule is CC1=CC(C)CC(C(F)(F)F)C1. The molecule has 0 aromatic heterocycles. The second-order valence-electron chi connectivity index (χ2n) is 3.67. The Kier molecular flexibility index (Phi) is 2.49. The van der Waals surface area contributed by atoms with Crippen molar-refractivity contribution >= 4 is 0 Å². The van der Waals surface area contributed by atoms with Gasteiger partial charge in [0.1, 0.15) is 0 Å². The molecule has 0 aromatic carbocycles. The molecular weight excluding hydrogens is 165 g/mol. The van der Waals surface area contributed by atoms with Crippen LogP contribution in [0.25, 0.3) is 0 Å². The van der Waals surface area contributed by atoms with Crippen molar-refractivity contribution in [2.24, 2.45) is 11.8 Å². The van der Waals surface area contributed by atoms with Gasteiger partial charge in [-0.05, 0) is 25.7 Å². The van der Waals surface area contributed by atoms with Crippen molar-refractivity contribution in [3.05, 3.63) is 11.6 Å². The number of alkyl halides is 3. The molecule has 0 heterocycles. The molecule has 0 radical (unpaired) electrons. The summed E-state index contributed by atoms with van der Waals surface area (Å²) in [6.45, 7) is 3.61. The fraction of sp³-hybridized carbons (Fsp3) is 0.778. The van der Waals surface area contributed by atoms with Gasteiger partial charge in [-0.25, -0.2) is 0 Å². The lowest BCUT2D eigenvalue weighted by Crippen LogP contribution is -2.27. The van der Waals surface area contributed by atoms with Crippen LogP contribution in [0.1, 0.15) is 26.7 Å². The molecule has 0 saturated carbocycles. The summed E-state index contributed by atoms with van der Waals surface area (Å²) >= 11 is 0. The molecule has 0 fully saturated rings. The van der Waals surface area contributed by atoms with E-state index in [9.17, 15) is 13.2 Å². The van der Waals surface area contributed by atoms with E-state index in [2.05, 4.69) is 0 Å². The van der Waals surface area contributed by atoms with Crippen LogP contribution >= 0.6 is 0 Å². The van der Waals surface area contributed by atoms with Crippen LogP contribution in [0.15, 0.2) is 11.6 Å². The molecule has 0 aromatic rings. The van der Waals surface area contributed by atoms with Crippen LogP contribution < -0.4 is 0 Å². The Hall–Kier alpha value is -0.470. The molecule has 0 N–H and O–H groups in total. The monoisotopic (exact) mass is 178 g/mol. The zero-order valence-electron chi connectivity index (χ0n) is 7.28. The van der Waals surface area contributed by atoms with Gasteiger partial charge in [0.2, 0.25) is 0 Å². The molecule has 0 spiro atoms. The van der Waals surface area contributed by atoms with E-state index in [1.165, 1.54) is 0 Å². The fourth-order valence-electron chi connectivity index (χ4n) is 1.79. The summed E-state index contributed by atoms with van der Waals surface area (Å²) in [5.41, 5.74) is 0.871. The molecule has 0 aliphatic heterocycles. The number of hydrogen-bond donors (Lipinski definition) is 0. The highest BCUT2D eigenvalue weighted by Gasteiger charge is 2.41. The van der Waals surface area contributed by atoms with E-state index in [1.807, 2.05) is 13.0 Å². The molecule has 2 unspecified atom stereocenters. The lowest BCUT2D eigenvalue weighted by molar-refractivity contribution is -0.178. The Morgan fingerprint density at radius 3 is 2.42 bits per heavy atom. The molecule has 1 aliphatic rings. The van der Waals surface area contributed by atoms with Crippen LogP contribution in [-0.4, -0.2) is 6.18 Å². The van der Waals surface area contributed by atoms with Crippen molar-refractivity contribution in [3.8, 4) is 0 Å². The predicted molar refractivity (Wildman–Crippen MR) is 41.7 cm³/mol. The van der Waals surface area contributed by atoms with Crippen molar-refractivity contribution in [2.75, 3.05) is 0 Å². The molecule has 0 nitrogen and oxygen atoms in total. The summed E-state index contributed by atoms with van der Waals surface area (Å²) in [7, 11) is 0. The van der Waals surface area contributed by atoms with Gasteiger partial charge in [-0.3, -0.25) is 0 Å². The largest absolute Gasteiger partial charge is 0.392 e. The van der Waals surface area contributed by atoms with E-state index in [0.717, 1.165) is 5.57 Å². The van der Waals surface area contributed by atoms with Crippen molar-refractivity contribution in [1.82, 2.24) is 0 Å². The lowest BCUT2D eigenvalue weighted by Gasteiger charge is -2.27. The third-order valence-corrected chi connectivity index (χ3v) is 2.26. The third kappa shape index (κ3) is 2.26. The topological polar surface area (TPSA) is 0 Å². The molecule has 1 rings (SSSR count). The first kappa shape index (κ1) is 9.62. The Morgan fingerprint density at radius 1 is 1.42 bits per heavy atom. The number of halogens is 3. The van der Waals surface area contributed by atoms with Crippen molar-refractivity contribution in [3.63, 3.8) is 0 Å². The Bertz CT molecular complexity index is 190. The minimum atomic E-state index is -4.01. The van der Waals surface area contributed by atoms with Crippen LogP contribution in [0.3, 0.4) is 0 Å². The Balaban J connectivity index is 2.68. The van der Waals surface area contributed by atoms with Gasteiger partial charge in [0, 0.05) is 0 Å². The molecule has 3 heteroatoms. The summed E-state index contributed by atoms with van der Waals surface area (Å²) in [5.74, 6) is -1.04. The van der Waals surface area contributed by atoms with Gasteiger partial charge in [-0.1, -0.05) is 18.6 Å². The summed E-state index contributed by atoms with van der Waals surface area (Å²) < 4.78 is 36.8. The van der Waals surface area contributed by atoms with Gasteiger partial charge in [0.25, 0.3) is 0 Å². The van der Waals surface area contributed by atoms with E-state index in [-0.39, 0.29) is 18.8 Å². The van der Waals surface area contributed by atoms with E-state index < -0.39 is 12.1 Å². The number of allylic oxidation sites excluding steroid dienone is 2. The first-order valence-corrected chi connectivity index (χ1v) is 4.13. The second-order valence-corrected chi connectivity index (χ2v) is 3.67. The smallest absolute Gasteiger partial charge is 0.171 e. The molecule has 1 aliphatic carbocycles. The first-order chi connectivity index (χ1) is 5.39. The zero-order valence-corrected chi connectivity index (χ0v) is 7.28. The Labute approximate surface area is 70.5 Å². The average Bonchev–Trinajstić information content (AvgIpc) is 1.82. The maximum absolute atomic E-state index is 12.3. The van der Waals surface area contributed by atoms with E-state index in [0.29, 0.717) is 0 Å². The van der Waals surface area contributed by atoms with Gasteiger partial charge in [0.05, 0.1) is 5.92 Å². The van der Waals surface area contributed by atoms with Crippen molar-refractivity contribution in [2.45, 2.75) is 32.9 Å². The van der Waals surface area contributed by atoms with Crippen LogP contribution in [0.5, 0.6) is 0 Å². The minimum Gasteiger partial charge on any atom is -0.171 e. The molecule has 0 amide bonds. The fourth-order valence-corrected chi connectivity index (χ4v) is 1.79. The molecule has 12 heavy (non-hydrogen) atoms. The quantitative estimate of drug-likeness (QED) is 0.498. The molecule has 2 atom stereocenters. The first-order valence-electron chi connectivity index (χ1n) is 4.13. The van der Waals surface area contributed by atoms with Crippen molar-refractivity contribution in [1.29, 1.82) is 0 Å². The highest BCUT2D eigenvalue weighted by atomic mass is 19.4. The van der Waals surface area contributed by atoms with Crippen LogP contribution in [0, 0.1) is 11.8 Å². The normalized spacial score (nSPS) is 31.6. The summed E-state index contributed by atoms with van der Waals surface area (Å²) in [6, 6.07) is 0. The molecule has 0 saturated heterocycles. The number of rotatable bonds is 0. The highest BCUT2D eigenvalue weighted by Crippen LogP contribution is 2.39. The van der Waals surface area contributed by atoms with Crippen LogP contribution in [-0.2, 0) is 0 Å². The van der Waals surface area contributed by atoms with Gasteiger partial charge in [0.15, 0.2) is 0 Å². The second kappa shape index (κ2) is 3.11. The van der Waals surface area contributed by atoms with Gasteiger partial charge >= 0.3 is 6.18 Å². The maximum atomic E-state index is 12.3. The molecule has 0 bridgehead atoms. The van der Waals surface area contributed by atoms with Gasteiger partial charge in [-0.2, -0.15) is 13.2 Å². The third-order valence-electron chi connectivity index (χ3n) is 2.26. The highest BCUT2D eigenvalue weighted by molar-refractivity contribution is 5.07. The zero-order chi connectivity index (χ0) is 9.35. The maximum Gasteiger partial charge on any atom is 0.392 e. The minimum absolute atomic E-state index is 0.0744. The average molecular weight is 178 g/mol. The predicted octanol–water partition coefficient (Wildman–Crippen LogP) is 3.54. The van der Waals surface area contributed by atoms with E-state index in [4.69, 9.17) is 0 Å². The molecular formula is C9H13F3.